The van der Waals surface area contributed by atoms with Crippen molar-refractivity contribution in [3.05, 3.63) is 29.1 Å². The summed E-state index contributed by atoms with van der Waals surface area (Å²) in [6.45, 7) is 12.5. The van der Waals surface area contributed by atoms with Gasteiger partial charge in [-0.25, -0.2) is 0 Å². The average Bonchev–Trinajstić information content (AvgIpc) is 2.16. The van der Waals surface area contributed by atoms with Gasteiger partial charge in [-0.3, -0.25) is 0 Å². The molecule has 0 spiro atoms. The standard InChI is InChI=1S/C11H17N/c1-7(2)11-8(3)9(4)12(6)10(11)5/h1H2,2-6H3. The zero-order valence-electron chi connectivity index (χ0n) is 8.65. The first kappa shape index (κ1) is 9.11. The van der Waals surface area contributed by atoms with Crippen LogP contribution in [0.4, 0.5) is 0 Å². The molecule has 1 aromatic rings. The SMILES string of the molecule is C=C(C)c1c(C)c(C)n(C)c1C. The van der Waals surface area contributed by atoms with Gasteiger partial charge in [-0.05, 0) is 38.8 Å². The van der Waals surface area contributed by atoms with Crippen molar-refractivity contribution in [1.82, 2.24) is 4.57 Å². The van der Waals surface area contributed by atoms with E-state index in [1.807, 2.05) is 0 Å². The number of aromatic nitrogens is 1. The van der Waals surface area contributed by atoms with Crippen molar-refractivity contribution in [2.45, 2.75) is 27.7 Å². The van der Waals surface area contributed by atoms with E-state index < -0.39 is 0 Å². The second-order valence-corrected chi connectivity index (χ2v) is 3.51. The Morgan fingerprint density at radius 1 is 1.17 bits per heavy atom. The molecule has 0 aliphatic heterocycles. The van der Waals surface area contributed by atoms with Crippen LogP contribution in [0.3, 0.4) is 0 Å². The van der Waals surface area contributed by atoms with Gasteiger partial charge in [0.05, 0.1) is 0 Å². The largest absolute Gasteiger partial charge is 0.351 e. The Labute approximate surface area is 74.7 Å². The first-order chi connectivity index (χ1) is 5.46. The maximum absolute atomic E-state index is 3.99. The highest BCUT2D eigenvalue weighted by molar-refractivity contribution is 5.68. The van der Waals surface area contributed by atoms with E-state index in [4.69, 9.17) is 0 Å². The van der Waals surface area contributed by atoms with E-state index in [-0.39, 0.29) is 0 Å². The first-order valence-electron chi connectivity index (χ1n) is 4.25. The van der Waals surface area contributed by atoms with E-state index in [1.165, 1.54) is 22.5 Å². The van der Waals surface area contributed by atoms with Crippen LogP contribution in [0.15, 0.2) is 6.58 Å². The predicted molar refractivity (Wildman–Crippen MR) is 54.3 cm³/mol. The van der Waals surface area contributed by atoms with Crippen LogP contribution in [0.2, 0.25) is 0 Å². The highest BCUT2D eigenvalue weighted by Crippen LogP contribution is 2.25. The van der Waals surface area contributed by atoms with Gasteiger partial charge in [0, 0.05) is 24.0 Å². The van der Waals surface area contributed by atoms with Gasteiger partial charge < -0.3 is 4.57 Å². The van der Waals surface area contributed by atoms with Crippen LogP contribution < -0.4 is 0 Å². The normalized spacial score (nSPS) is 10.4. The summed E-state index contributed by atoms with van der Waals surface area (Å²) in [5.74, 6) is 0. The van der Waals surface area contributed by atoms with Crippen LogP contribution in [0.1, 0.15) is 29.4 Å². The van der Waals surface area contributed by atoms with Crippen LogP contribution in [0, 0.1) is 20.8 Å². The number of hydrogen-bond donors (Lipinski definition) is 0. The Kier molecular flexibility index (Phi) is 2.14. The van der Waals surface area contributed by atoms with E-state index >= 15 is 0 Å². The van der Waals surface area contributed by atoms with Crippen molar-refractivity contribution < 1.29 is 0 Å². The van der Waals surface area contributed by atoms with Crippen molar-refractivity contribution in [3.8, 4) is 0 Å². The minimum Gasteiger partial charge on any atom is -0.351 e. The van der Waals surface area contributed by atoms with E-state index in [0.717, 1.165) is 5.57 Å². The molecular weight excluding hydrogens is 146 g/mol. The molecule has 0 saturated carbocycles. The Hall–Kier alpha value is -0.980. The third-order valence-electron chi connectivity index (χ3n) is 2.71. The summed E-state index contributed by atoms with van der Waals surface area (Å²) in [6, 6.07) is 0. The zero-order valence-corrected chi connectivity index (χ0v) is 8.65. The van der Waals surface area contributed by atoms with Gasteiger partial charge >= 0.3 is 0 Å². The zero-order chi connectivity index (χ0) is 9.46. The molecule has 1 rings (SSSR count). The molecule has 0 amide bonds. The third-order valence-corrected chi connectivity index (χ3v) is 2.71. The number of nitrogens with zero attached hydrogens (tertiary/aromatic N) is 1. The molecule has 0 bridgehead atoms. The molecule has 1 heterocycles. The molecule has 0 fully saturated rings. The van der Waals surface area contributed by atoms with Gasteiger partial charge in [0.2, 0.25) is 0 Å². The molecule has 0 saturated heterocycles. The Morgan fingerprint density at radius 2 is 1.67 bits per heavy atom. The molecule has 0 aromatic carbocycles. The highest BCUT2D eigenvalue weighted by atomic mass is 15.0. The van der Waals surface area contributed by atoms with Crippen molar-refractivity contribution >= 4 is 5.57 Å². The molecular formula is C11H17N. The van der Waals surface area contributed by atoms with Crippen molar-refractivity contribution in [1.29, 1.82) is 0 Å². The fraction of sp³-hybridized carbons (Fsp3) is 0.455. The number of rotatable bonds is 1. The fourth-order valence-electron chi connectivity index (χ4n) is 1.75. The lowest BCUT2D eigenvalue weighted by atomic mass is 10.0. The lowest BCUT2D eigenvalue weighted by Crippen LogP contribution is -1.93. The monoisotopic (exact) mass is 163 g/mol. The molecule has 0 atom stereocenters. The number of allylic oxidation sites excluding steroid dienone is 1. The fourth-order valence-corrected chi connectivity index (χ4v) is 1.75. The summed E-state index contributed by atoms with van der Waals surface area (Å²) in [6.07, 6.45) is 0. The molecule has 1 nitrogen and oxygen atoms in total. The second kappa shape index (κ2) is 2.81. The number of hydrogen-bond acceptors (Lipinski definition) is 0. The summed E-state index contributed by atoms with van der Waals surface area (Å²) in [4.78, 5) is 0. The summed E-state index contributed by atoms with van der Waals surface area (Å²) in [5, 5.41) is 0. The molecule has 1 aromatic heterocycles. The van der Waals surface area contributed by atoms with Crippen LogP contribution in [-0.2, 0) is 7.05 Å². The highest BCUT2D eigenvalue weighted by Gasteiger charge is 2.11. The van der Waals surface area contributed by atoms with Gasteiger partial charge in [-0.15, -0.1) is 0 Å². The van der Waals surface area contributed by atoms with E-state index in [0.29, 0.717) is 0 Å². The Morgan fingerprint density at radius 3 is 1.83 bits per heavy atom. The third kappa shape index (κ3) is 1.09. The Bertz CT molecular complexity index is 304. The van der Waals surface area contributed by atoms with Crippen LogP contribution in [0.25, 0.3) is 5.57 Å². The van der Waals surface area contributed by atoms with Gasteiger partial charge in [0.25, 0.3) is 0 Å². The van der Waals surface area contributed by atoms with E-state index in [9.17, 15) is 0 Å². The summed E-state index contributed by atoms with van der Waals surface area (Å²) >= 11 is 0. The smallest absolute Gasteiger partial charge is 0.0220 e. The molecule has 0 aliphatic rings. The van der Waals surface area contributed by atoms with Crippen LogP contribution >= 0.6 is 0 Å². The first-order valence-corrected chi connectivity index (χ1v) is 4.25. The summed E-state index contributed by atoms with van der Waals surface area (Å²) in [7, 11) is 2.10. The van der Waals surface area contributed by atoms with Crippen molar-refractivity contribution in [2.75, 3.05) is 0 Å². The van der Waals surface area contributed by atoms with E-state index in [2.05, 4.69) is 45.9 Å². The summed E-state index contributed by atoms with van der Waals surface area (Å²) in [5.41, 5.74) is 6.51. The molecule has 0 aliphatic carbocycles. The van der Waals surface area contributed by atoms with Gasteiger partial charge in [-0.1, -0.05) is 6.58 Å². The maximum atomic E-state index is 3.99. The quantitative estimate of drug-likeness (QED) is 0.600. The lowest BCUT2D eigenvalue weighted by Gasteiger charge is -2.01. The predicted octanol–water partition coefficient (Wildman–Crippen LogP) is 2.98. The van der Waals surface area contributed by atoms with Gasteiger partial charge in [0.15, 0.2) is 0 Å². The maximum Gasteiger partial charge on any atom is 0.0220 e. The molecule has 0 N–H and O–H groups in total. The van der Waals surface area contributed by atoms with Crippen LogP contribution in [-0.4, -0.2) is 4.57 Å². The lowest BCUT2D eigenvalue weighted by molar-refractivity contribution is 0.839. The van der Waals surface area contributed by atoms with Gasteiger partial charge in [0.1, 0.15) is 0 Å². The molecule has 66 valence electrons. The van der Waals surface area contributed by atoms with Gasteiger partial charge in [-0.2, -0.15) is 0 Å². The van der Waals surface area contributed by atoms with Crippen LogP contribution in [0.5, 0.6) is 0 Å². The molecule has 12 heavy (non-hydrogen) atoms. The molecule has 0 radical (unpaired) electrons. The minimum atomic E-state index is 1.16. The topological polar surface area (TPSA) is 4.93 Å². The van der Waals surface area contributed by atoms with E-state index in [1.54, 1.807) is 0 Å². The molecule has 1 heteroatoms. The molecule has 0 unspecified atom stereocenters. The Balaban J connectivity index is 3.48. The summed E-state index contributed by atoms with van der Waals surface area (Å²) < 4.78 is 2.22. The second-order valence-electron chi connectivity index (χ2n) is 3.51. The van der Waals surface area contributed by atoms with Crippen molar-refractivity contribution in [3.63, 3.8) is 0 Å². The minimum absolute atomic E-state index is 1.16. The van der Waals surface area contributed by atoms with Crippen molar-refractivity contribution in [2.24, 2.45) is 7.05 Å². The average molecular weight is 163 g/mol.